The van der Waals surface area contributed by atoms with Crippen LogP contribution >= 0.6 is 0 Å². The molecule has 5 aromatic rings. The zero-order valence-electron chi connectivity index (χ0n) is 16.8. The van der Waals surface area contributed by atoms with Gasteiger partial charge in [-0.3, -0.25) is 9.55 Å². The van der Waals surface area contributed by atoms with Gasteiger partial charge >= 0.3 is 0 Å². The summed E-state index contributed by atoms with van der Waals surface area (Å²) in [7, 11) is 1.84. The van der Waals surface area contributed by atoms with Gasteiger partial charge in [0.2, 0.25) is 5.95 Å². The smallest absolute Gasteiger partial charge is 0.224 e. The molecule has 154 valence electrons. The molecule has 9 nitrogen and oxygen atoms in total. The van der Waals surface area contributed by atoms with Crippen molar-refractivity contribution < 1.29 is 4.74 Å². The highest BCUT2D eigenvalue weighted by atomic mass is 16.5. The Bertz CT molecular complexity index is 1410. The fourth-order valence-electron chi connectivity index (χ4n) is 3.44. The van der Waals surface area contributed by atoms with E-state index in [0.717, 1.165) is 39.1 Å². The lowest BCUT2D eigenvalue weighted by Gasteiger charge is -2.10. The number of benzene rings is 1. The Morgan fingerprint density at radius 3 is 2.74 bits per heavy atom. The topological polar surface area (TPSA) is 130 Å². The maximum atomic E-state index is 6.00. The third kappa shape index (κ3) is 3.52. The number of rotatable bonds is 5. The van der Waals surface area contributed by atoms with Crippen molar-refractivity contribution in [2.75, 3.05) is 23.8 Å². The van der Waals surface area contributed by atoms with Crippen molar-refractivity contribution in [3.05, 3.63) is 66.6 Å². The molecule has 5 N–H and O–H groups in total. The number of fused-ring (bicyclic) bond motifs is 2. The molecular weight excluding hydrogens is 392 g/mol. The highest BCUT2D eigenvalue weighted by molar-refractivity contribution is 5.88. The molecule has 1 aromatic carbocycles. The van der Waals surface area contributed by atoms with E-state index in [4.69, 9.17) is 16.2 Å². The molecule has 0 spiro atoms. The molecule has 0 unspecified atom stereocenters. The number of hydrogen-bond donors (Lipinski definition) is 3. The maximum Gasteiger partial charge on any atom is 0.224 e. The minimum atomic E-state index is 0.128. The molecule has 0 aliphatic heterocycles. The summed E-state index contributed by atoms with van der Waals surface area (Å²) in [5.74, 6) is 2.02. The number of nitrogens with two attached hydrogens (primary N) is 2. The van der Waals surface area contributed by atoms with Gasteiger partial charge < -0.3 is 21.5 Å². The third-order valence-electron chi connectivity index (χ3n) is 4.97. The van der Waals surface area contributed by atoms with Crippen LogP contribution in [-0.4, -0.2) is 31.6 Å². The quantitative estimate of drug-likeness (QED) is 0.401. The summed E-state index contributed by atoms with van der Waals surface area (Å²) in [4.78, 5) is 17.2. The molecule has 0 atom stereocenters. The minimum Gasteiger partial charge on any atom is -0.489 e. The summed E-state index contributed by atoms with van der Waals surface area (Å²) in [6.45, 7) is 0.358. The number of ether oxygens (including phenoxy) is 1. The predicted octanol–water partition coefficient (Wildman–Crippen LogP) is 3.15. The number of anilines is 3. The largest absolute Gasteiger partial charge is 0.489 e. The van der Waals surface area contributed by atoms with Crippen LogP contribution in [0.15, 0.2) is 61.1 Å². The van der Waals surface area contributed by atoms with E-state index in [1.54, 1.807) is 12.4 Å². The van der Waals surface area contributed by atoms with Gasteiger partial charge in [0.25, 0.3) is 0 Å². The summed E-state index contributed by atoms with van der Waals surface area (Å²) < 4.78 is 7.87. The molecule has 31 heavy (non-hydrogen) atoms. The van der Waals surface area contributed by atoms with Crippen molar-refractivity contribution in [3.63, 3.8) is 0 Å². The zero-order chi connectivity index (χ0) is 21.4. The Morgan fingerprint density at radius 1 is 1.00 bits per heavy atom. The van der Waals surface area contributed by atoms with Crippen LogP contribution in [0.1, 0.15) is 5.56 Å². The minimum absolute atomic E-state index is 0.128. The molecule has 0 aliphatic rings. The van der Waals surface area contributed by atoms with Crippen molar-refractivity contribution >= 4 is 39.5 Å². The Kier molecular flexibility index (Phi) is 4.47. The van der Waals surface area contributed by atoms with Crippen LogP contribution in [0, 0.1) is 0 Å². The Hall–Kier alpha value is -4.40. The van der Waals surface area contributed by atoms with Crippen LogP contribution < -0.4 is 21.5 Å². The molecular formula is C22H20N8O. The van der Waals surface area contributed by atoms with Crippen LogP contribution in [0.5, 0.6) is 5.75 Å². The van der Waals surface area contributed by atoms with E-state index in [1.807, 2.05) is 60.3 Å². The predicted molar refractivity (Wildman–Crippen MR) is 121 cm³/mol. The molecule has 0 saturated carbocycles. The molecule has 0 bridgehead atoms. The van der Waals surface area contributed by atoms with Crippen molar-refractivity contribution in [3.8, 4) is 11.4 Å². The highest BCUT2D eigenvalue weighted by Crippen LogP contribution is 2.25. The van der Waals surface area contributed by atoms with E-state index in [9.17, 15) is 0 Å². The number of nitrogens with zero attached hydrogens (tertiary/aromatic N) is 5. The molecule has 0 radical (unpaired) electrons. The molecule has 0 amide bonds. The summed E-state index contributed by atoms with van der Waals surface area (Å²) in [5.41, 5.74) is 15.0. The van der Waals surface area contributed by atoms with E-state index in [0.29, 0.717) is 18.1 Å². The number of nitrogen functional groups attached to an aromatic ring is 2. The van der Waals surface area contributed by atoms with Gasteiger partial charge in [-0.25, -0.2) is 4.98 Å². The first-order valence-corrected chi connectivity index (χ1v) is 9.66. The second-order valence-electron chi connectivity index (χ2n) is 7.03. The molecule has 0 fully saturated rings. The SMILES string of the molecule is CNc1ccc2ccc(OCc3cncc(-n4ccc5c(N)nc(N)nc54)c3)cc2n1. The van der Waals surface area contributed by atoms with Crippen molar-refractivity contribution in [2.45, 2.75) is 6.61 Å². The molecule has 9 heteroatoms. The van der Waals surface area contributed by atoms with E-state index < -0.39 is 0 Å². The van der Waals surface area contributed by atoms with Gasteiger partial charge in [0.1, 0.15) is 24.0 Å². The molecule has 5 rings (SSSR count). The number of nitrogens with one attached hydrogen (secondary N) is 1. The van der Waals surface area contributed by atoms with Gasteiger partial charge in [0.05, 0.1) is 22.8 Å². The van der Waals surface area contributed by atoms with Gasteiger partial charge in [-0.2, -0.15) is 9.97 Å². The van der Waals surface area contributed by atoms with Crippen molar-refractivity contribution in [1.29, 1.82) is 0 Å². The fourth-order valence-corrected chi connectivity index (χ4v) is 3.44. The number of hydrogen-bond acceptors (Lipinski definition) is 8. The maximum absolute atomic E-state index is 6.00. The van der Waals surface area contributed by atoms with E-state index in [2.05, 4.69) is 25.3 Å². The lowest BCUT2D eigenvalue weighted by molar-refractivity contribution is 0.306. The zero-order valence-corrected chi connectivity index (χ0v) is 16.8. The average molecular weight is 412 g/mol. The van der Waals surface area contributed by atoms with Gasteiger partial charge in [0.15, 0.2) is 5.65 Å². The standard InChI is InChI=1S/C22H20N8O/c1-25-19-5-3-14-2-4-16(9-18(14)27-19)31-12-13-8-15(11-26-10-13)30-7-6-17-20(23)28-22(24)29-21(17)30/h2-11H,12H2,1H3,(H,25,27)(H4,23,24,28,29). The van der Waals surface area contributed by atoms with Gasteiger partial charge in [-0.05, 0) is 36.4 Å². The molecule has 0 saturated heterocycles. The molecule has 4 aromatic heterocycles. The Morgan fingerprint density at radius 2 is 1.87 bits per heavy atom. The first-order chi connectivity index (χ1) is 15.1. The summed E-state index contributed by atoms with van der Waals surface area (Å²) in [6, 6.07) is 13.7. The summed E-state index contributed by atoms with van der Waals surface area (Å²) in [5, 5.41) is 4.84. The monoisotopic (exact) mass is 412 g/mol. The second-order valence-corrected chi connectivity index (χ2v) is 7.03. The highest BCUT2D eigenvalue weighted by Gasteiger charge is 2.11. The summed E-state index contributed by atoms with van der Waals surface area (Å²) in [6.07, 6.45) is 5.38. The molecule has 0 aliphatic carbocycles. The van der Waals surface area contributed by atoms with Crippen LogP contribution in [0.2, 0.25) is 0 Å². The average Bonchev–Trinajstić information content (AvgIpc) is 3.21. The normalized spacial score (nSPS) is 11.1. The Balaban J connectivity index is 1.41. The van der Waals surface area contributed by atoms with Crippen molar-refractivity contribution in [1.82, 2.24) is 24.5 Å². The first kappa shape index (κ1) is 18.6. The van der Waals surface area contributed by atoms with Gasteiger partial charge in [0, 0.05) is 36.5 Å². The fraction of sp³-hybridized carbons (Fsp3) is 0.0909. The number of aromatic nitrogens is 5. The summed E-state index contributed by atoms with van der Waals surface area (Å²) >= 11 is 0. The van der Waals surface area contributed by atoms with E-state index in [-0.39, 0.29) is 5.95 Å². The second kappa shape index (κ2) is 7.45. The van der Waals surface area contributed by atoms with E-state index >= 15 is 0 Å². The Labute approximate surface area is 177 Å². The number of pyridine rings is 2. The van der Waals surface area contributed by atoms with Crippen LogP contribution in [-0.2, 0) is 6.61 Å². The molecule has 4 heterocycles. The van der Waals surface area contributed by atoms with Crippen LogP contribution in [0.3, 0.4) is 0 Å². The van der Waals surface area contributed by atoms with E-state index in [1.165, 1.54) is 0 Å². The van der Waals surface area contributed by atoms with Crippen LogP contribution in [0.4, 0.5) is 17.6 Å². The van der Waals surface area contributed by atoms with Gasteiger partial charge in [-0.1, -0.05) is 0 Å². The third-order valence-corrected chi connectivity index (χ3v) is 4.97. The lowest BCUT2D eigenvalue weighted by atomic mass is 10.2. The first-order valence-electron chi connectivity index (χ1n) is 9.66. The lowest BCUT2D eigenvalue weighted by Crippen LogP contribution is -2.03. The van der Waals surface area contributed by atoms with Gasteiger partial charge in [-0.15, -0.1) is 0 Å². The van der Waals surface area contributed by atoms with Crippen LogP contribution in [0.25, 0.3) is 27.6 Å². The van der Waals surface area contributed by atoms with Crippen molar-refractivity contribution in [2.24, 2.45) is 0 Å².